The minimum atomic E-state index is -1.57. The molecule has 0 aromatic carbocycles. The van der Waals surface area contributed by atoms with Gasteiger partial charge in [0.1, 0.15) is 11.5 Å². The summed E-state index contributed by atoms with van der Waals surface area (Å²) in [6.07, 6.45) is 4.75. The molecule has 2 bridgehead atoms. The summed E-state index contributed by atoms with van der Waals surface area (Å²) in [5.74, 6) is -2.15. The van der Waals surface area contributed by atoms with Crippen LogP contribution in [0.4, 0.5) is 0 Å². The minimum absolute atomic E-state index is 0.104. The lowest BCUT2D eigenvalue weighted by molar-refractivity contribution is -0.468. The van der Waals surface area contributed by atoms with Crippen molar-refractivity contribution in [3.05, 3.63) is 36.1 Å². The number of aliphatic hydroxyl groups is 1. The maximum atomic E-state index is 14.3. The highest BCUT2D eigenvalue weighted by atomic mass is 16.8. The average Bonchev–Trinajstić information content (AvgIpc) is 2.94. The second kappa shape index (κ2) is 8.77. The molecule has 2 heterocycles. The van der Waals surface area contributed by atoms with Crippen LogP contribution in [-0.4, -0.2) is 54.7 Å². The normalized spacial score (nSPS) is 43.3. The van der Waals surface area contributed by atoms with Crippen LogP contribution in [0.15, 0.2) is 36.1 Å². The Hall–Kier alpha value is -1.51. The van der Waals surface area contributed by atoms with Gasteiger partial charge in [-0.3, -0.25) is 4.79 Å². The number of ketones is 1. The summed E-state index contributed by atoms with van der Waals surface area (Å²) < 4.78 is 31.7. The van der Waals surface area contributed by atoms with E-state index in [0.29, 0.717) is 25.0 Å². The van der Waals surface area contributed by atoms with Crippen LogP contribution >= 0.6 is 0 Å². The Bertz CT molecular complexity index is 980. The summed E-state index contributed by atoms with van der Waals surface area (Å²) in [4.78, 5) is 14.3. The number of Topliss-reactive ketones (excluding diaryl/α,β-unsaturated/α-hetero) is 1. The molecule has 7 unspecified atom stereocenters. The molecule has 3 fully saturated rings. The number of aliphatic hydroxyl groups excluding tert-OH is 1. The van der Waals surface area contributed by atoms with E-state index < -0.39 is 29.2 Å². The van der Waals surface area contributed by atoms with Crippen LogP contribution in [0, 0.1) is 22.7 Å². The third-order valence-electron chi connectivity index (χ3n) is 9.15. The molecule has 5 aliphatic rings. The van der Waals surface area contributed by atoms with Crippen LogP contribution in [0.1, 0.15) is 72.6 Å². The maximum absolute atomic E-state index is 14.3. The molecule has 0 aromatic heterocycles. The van der Waals surface area contributed by atoms with E-state index in [0.717, 1.165) is 37.9 Å². The van der Waals surface area contributed by atoms with Gasteiger partial charge in [0.05, 0.1) is 18.5 Å². The first-order valence-electron chi connectivity index (χ1n) is 13.4. The quantitative estimate of drug-likeness (QED) is 0.437. The fourth-order valence-electron chi connectivity index (χ4n) is 7.90. The molecule has 0 amide bonds. The molecular formula is C29H42O7. The Labute approximate surface area is 214 Å². The van der Waals surface area contributed by atoms with Crippen molar-refractivity contribution in [1.29, 1.82) is 0 Å². The van der Waals surface area contributed by atoms with Gasteiger partial charge in [0, 0.05) is 25.9 Å². The molecule has 7 heteroatoms. The highest BCUT2D eigenvalue weighted by molar-refractivity contribution is 6.05. The van der Waals surface area contributed by atoms with Gasteiger partial charge < -0.3 is 28.8 Å². The molecule has 3 aliphatic carbocycles. The summed E-state index contributed by atoms with van der Waals surface area (Å²) in [5.41, 5.74) is 0.287. The standard InChI is InChI=1S/C29H42O7/c1-8-13-33-23-12-9-18-15-26(3,4)16-22(30)29(32-7)28-19(14-21(18)34-23)10-11-20(17(2)24(28)31)25(28)35-27(5,6)36-29/h8,19-20,22-23,25,30H,1-2,9-16H2,3-7H3. The van der Waals surface area contributed by atoms with Gasteiger partial charge in [-0.2, -0.15) is 0 Å². The zero-order valence-electron chi connectivity index (χ0n) is 22.4. The van der Waals surface area contributed by atoms with Crippen LogP contribution in [0.2, 0.25) is 0 Å². The third kappa shape index (κ3) is 3.69. The van der Waals surface area contributed by atoms with Crippen molar-refractivity contribution < 1.29 is 33.6 Å². The smallest absolute Gasteiger partial charge is 0.213 e. The van der Waals surface area contributed by atoms with Crippen LogP contribution in [0.25, 0.3) is 0 Å². The second-order valence-corrected chi connectivity index (χ2v) is 12.5. The Balaban J connectivity index is 1.68. The number of methoxy groups -OCH3 is 1. The number of hydrogen-bond acceptors (Lipinski definition) is 7. The minimum Gasteiger partial charge on any atom is -0.469 e. The van der Waals surface area contributed by atoms with Crippen molar-refractivity contribution in [2.45, 2.75) is 103 Å². The molecule has 1 saturated heterocycles. The van der Waals surface area contributed by atoms with E-state index in [9.17, 15) is 9.90 Å². The van der Waals surface area contributed by atoms with E-state index in [1.165, 1.54) is 5.57 Å². The predicted octanol–water partition coefficient (Wildman–Crippen LogP) is 4.80. The molecule has 5 rings (SSSR count). The molecule has 2 saturated carbocycles. The Morgan fingerprint density at radius 3 is 2.64 bits per heavy atom. The highest BCUT2D eigenvalue weighted by Gasteiger charge is 2.79. The van der Waals surface area contributed by atoms with Crippen molar-refractivity contribution in [3.63, 3.8) is 0 Å². The summed E-state index contributed by atoms with van der Waals surface area (Å²) in [7, 11) is 1.55. The molecule has 200 valence electrons. The maximum Gasteiger partial charge on any atom is 0.213 e. The van der Waals surface area contributed by atoms with E-state index >= 15 is 0 Å². The summed E-state index contributed by atoms with van der Waals surface area (Å²) in [6, 6.07) is 0. The molecule has 2 aliphatic heterocycles. The summed E-state index contributed by atoms with van der Waals surface area (Å²) in [6.45, 7) is 16.3. The van der Waals surface area contributed by atoms with Crippen molar-refractivity contribution in [2.75, 3.05) is 13.7 Å². The summed E-state index contributed by atoms with van der Waals surface area (Å²) in [5, 5.41) is 12.0. The zero-order valence-corrected chi connectivity index (χ0v) is 22.4. The third-order valence-corrected chi connectivity index (χ3v) is 9.15. The molecule has 0 aromatic rings. The van der Waals surface area contributed by atoms with Crippen LogP contribution in [0.3, 0.4) is 0 Å². The number of hydrogen-bond donors (Lipinski definition) is 1. The van der Waals surface area contributed by atoms with Crippen LogP contribution in [-0.2, 0) is 28.5 Å². The first-order valence-corrected chi connectivity index (χ1v) is 13.4. The van der Waals surface area contributed by atoms with Gasteiger partial charge in [-0.15, -0.1) is 6.58 Å². The molecule has 1 spiro atoms. The van der Waals surface area contributed by atoms with Crippen LogP contribution < -0.4 is 0 Å². The Morgan fingerprint density at radius 2 is 1.94 bits per heavy atom. The van der Waals surface area contributed by atoms with E-state index in [2.05, 4.69) is 27.0 Å². The second-order valence-electron chi connectivity index (χ2n) is 12.5. The molecule has 0 radical (unpaired) electrons. The van der Waals surface area contributed by atoms with Crippen molar-refractivity contribution in [2.24, 2.45) is 22.7 Å². The topological polar surface area (TPSA) is 83.5 Å². The van der Waals surface area contributed by atoms with Gasteiger partial charge in [0.25, 0.3) is 0 Å². The Kier molecular flexibility index (Phi) is 6.36. The van der Waals surface area contributed by atoms with Crippen molar-refractivity contribution in [3.8, 4) is 0 Å². The van der Waals surface area contributed by atoms with Gasteiger partial charge in [-0.05, 0) is 68.4 Å². The van der Waals surface area contributed by atoms with Gasteiger partial charge in [0.2, 0.25) is 5.79 Å². The van der Waals surface area contributed by atoms with Gasteiger partial charge in [0.15, 0.2) is 17.9 Å². The van der Waals surface area contributed by atoms with E-state index in [1.807, 2.05) is 13.8 Å². The van der Waals surface area contributed by atoms with Gasteiger partial charge in [-0.1, -0.05) is 26.5 Å². The van der Waals surface area contributed by atoms with Crippen LogP contribution in [0.5, 0.6) is 0 Å². The lowest BCUT2D eigenvalue weighted by Crippen LogP contribution is -2.75. The number of carbonyl (C=O) groups is 1. The first-order chi connectivity index (χ1) is 16.9. The monoisotopic (exact) mass is 502 g/mol. The number of ether oxygens (including phenoxy) is 5. The fourth-order valence-corrected chi connectivity index (χ4v) is 7.90. The SMILES string of the molecule is C=CCOC1CCC2=C(CC3CCC4C(=C)C(=O)C35C4OC(C)(C)OC5(OC)C(O)CC(C)(C)C2)O1. The van der Waals surface area contributed by atoms with E-state index in [-0.39, 0.29) is 29.3 Å². The molecular weight excluding hydrogens is 460 g/mol. The molecule has 7 atom stereocenters. The Morgan fingerprint density at radius 1 is 1.19 bits per heavy atom. The van der Waals surface area contributed by atoms with Crippen molar-refractivity contribution >= 4 is 5.78 Å². The number of rotatable bonds is 4. The van der Waals surface area contributed by atoms with E-state index in [1.54, 1.807) is 13.2 Å². The van der Waals surface area contributed by atoms with E-state index in [4.69, 9.17) is 23.7 Å². The molecule has 36 heavy (non-hydrogen) atoms. The highest BCUT2D eigenvalue weighted by Crippen LogP contribution is 2.68. The number of carbonyl (C=O) groups excluding carboxylic acids is 1. The lowest BCUT2D eigenvalue weighted by atomic mass is 9.55. The largest absolute Gasteiger partial charge is 0.469 e. The zero-order chi connectivity index (χ0) is 26.1. The van der Waals surface area contributed by atoms with Gasteiger partial charge in [-0.25, -0.2) is 0 Å². The number of allylic oxidation sites excluding steroid dienone is 2. The summed E-state index contributed by atoms with van der Waals surface area (Å²) >= 11 is 0. The lowest BCUT2D eigenvalue weighted by Gasteiger charge is -2.63. The molecule has 1 N–H and O–H groups in total. The fraction of sp³-hybridized carbons (Fsp3) is 0.759. The average molecular weight is 503 g/mol. The first kappa shape index (κ1) is 26.1. The molecule has 7 nitrogen and oxygen atoms in total. The van der Waals surface area contributed by atoms with Gasteiger partial charge >= 0.3 is 0 Å². The van der Waals surface area contributed by atoms with Crippen molar-refractivity contribution in [1.82, 2.24) is 0 Å². The predicted molar refractivity (Wildman–Crippen MR) is 133 cm³/mol.